The minimum atomic E-state index is 0.160. The Kier molecular flexibility index (Phi) is 6.09. The molecule has 0 radical (unpaired) electrons. The number of rotatable bonds is 6. The molecule has 1 rings (SSSR count). The minimum Gasteiger partial charge on any atom is -0.329 e. The maximum Gasteiger partial charge on any atom is 0.0305 e. The van der Waals surface area contributed by atoms with Gasteiger partial charge in [-0.2, -0.15) is 0 Å². The highest BCUT2D eigenvalue weighted by Crippen LogP contribution is 2.27. The topological polar surface area (TPSA) is 32.5 Å². The number of likely N-dealkylation sites (tertiary alicyclic amines) is 1. The number of hydrogen-bond donors (Lipinski definition) is 1. The van der Waals surface area contributed by atoms with Crippen molar-refractivity contribution < 1.29 is 0 Å². The summed E-state index contributed by atoms with van der Waals surface area (Å²) in [6.45, 7) is 13.6. The Hall–Kier alpha value is -0.120. The van der Waals surface area contributed by atoms with Gasteiger partial charge in [-0.3, -0.25) is 4.90 Å². The average Bonchev–Trinajstić information content (AvgIpc) is 2.37. The molecule has 1 aliphatic rings. The van der Waals surface area contributed by atoms with Crippen molar-refractivity contribution in [1.82, 2.24) is 9.80 Å². The van der Waals surface area contributed by atoms with E-state index in [0.717, 1.165) is 6.54 Å². The summed E-state index contributed by atoms with van der Waals surface area (Å²) < 4.78 is 0. The van der Waals surface area contributed by atoms with Crippen molar-refractivity contribution in [3.05, 3.63) is 0 Å². The van der Waals surface area contributed by atoms with Gasteiger partial charge in [-0.25, -0.2) is 0 Å². The summed E-state index contributed by atoms with van der Waals surface area (Å²) in [6.07, 6.45) is 3.77. The molecule has 0 aromatic rings. The fourth-order valence-electron chi connectivity index (χ4n) is 3.31. The molecular formula is C15H33N3. The Bertz CT molecular complexity index is 234. The number of nitrogens with two attached hydrogens (primary N) is 1. The molecule has 0 bridgehead atoms. The molecule has 3 heteroatoms. The van der Waals surface area contributed by atoms with E-state index in [2.05, 4.69) is 44.5 Å². The molecule has 108 valence electrons. The Morgan fingerprint density at radius 2 is 1.89 bits per heavy atom. The molecule has 0 amide bonds. The van der Waals surface area contributed by atoms with Crippen molar-refractivity contribution in [3.8, 4) is 0 Å². The van der Waals surface area contributed by atoms with Crippen molar-refractivity contribution in [2.45, 2.75) is 58.5 Å². The molecule has 0 spiro atoms. The molecule has 1 atom stereocenters. The molecule has 1 heterocycles. The maximum absolute atomic E-state index is 6.06. The van der Waals surface area contributed by atoms with Crippen molar-refractivity contribution >= 4 is 0 Å². The molecule has 1 fully saturated rings. The third-order valence-corrected chi connectivity index (χ3v) is 4.69. The van der Waals surface area contributed by atoms with Crippen molar-refractivity contribution in [1.29, 1.82) is 0 Å². The van der Waals surface area contributed by atoms with E-state index in [9.17, 15) is 0 Å². The van der Waals surface area contributed by atoms with E-state index >= 15 is 0 Å². The summed E-state index contributed by atoms with van der Waals surface area (Å²) in [4.78, 5) is 5.12. The maximum atomic E-state index is 6.06. The molecular weight excluding hydrogens is 222 g/mol. The van der Waals surface area contributed by atoms with Gasteiger partial charge < -0.3 is 10.6 Å². The fraction of sp³-hybridized carbons (Fsp3) is 1.00. The van der Waals surface area contributed by atoms with Crippen molar-refractivity contribution in [2.24, 2.45) is 11.7 Å². The third-order valence-electron chi connectivity index (χ3n) is 4.69. The monoisotopic (exact) mass is 255 g/mol. The highest BCUT2D eigenvalue weighted by Gasteiger charge is 2.34. The van der Waals surface area contributed by atoms with Gasteiger partial charge in [0.25, 0.3) is 0 Å². The number of piperidine rings is 1. The predicted octanol–water partition coefficient (Wildman–Crippen LogP) is 2.17. The Labute approximate surface area is 114 Å². The van der Waals surface area contributed by atoms with Gasteiger partial charge in [-0.15, -0.1) is 0 Å². The van der Waals surface area contributed by atoms with Crippen LogP contribution in [0.25, 0.3) is 0 Å². The first kappa shape index (κ1) is 15.9. The quantitative estimate of drug-likeness (QED) is 0.789. The van der Waals surface area contributed by atoms with Crippen LogP contribution in [-0.2, 0) is 0 Å². The SMILES string of the molecule is CCN1CCC(N(C)C(C)(CN)CC(C)C)CC1. The molecule has 1 unspecified atom stereocenters. The highest BCUT2D eigenvalue weighted by molar-refractivity contribution is 4.92. The largest absolute Gasteiger partial charge is 0.329 e. The van der Waals surface area contributed by atoms with E-state index < -0.39 is 0 Å². The van der Waals surface area contributed by atoms with Crippen LogP contribution in [0.5, 0.6) is 0 Å². The molecule has 1 saturated heterocycles. The average molecular weight is 255 g/mol. The van der Waals surface area contributed by atoms with Crippen LogP contribution in [0.4, 0.5) is 0 Å². The van der Waals surface area contributed by atoms with Gasteiger partial charge in [-0.1, -0.05) is 20.8 Å². The smallest absolute Gasteiger partial charge is 0.0305 e. The zero-order chi connectivity index (χ0) is 13.8. The summed E-state index contributed by atoms with van der Waals surface area (Å²) >= 11 is 0. The number of nitrogens with zero attached hydrogens (tertiary/aromatic N) is 2. The molecule has 2 N–H and O–H groups in total. The van der Waals surface area contributed by atoms with Crippen LogP contribution in [0.15, 0.2) is 0 Å². The molecule has 0 aromatic heterocycles. The Morgan fingerprint density at radius 1 is 1.33 bits per heavy atom. The van der Waals surface area contributed by atoms with Gasteiger partial charge in [0.05, 0.1) is 0 Å². The molecule has 0 aromatic carbocycles. The Balaban J connectivity index is 2.59. The van der Waals surface area contributed by atoms with E-state index in [1.54, 1.807) is 0 Å². The van der Waals surface area contributed by atoms with E-state index in [4.69, 9.17) is 5.73 Å². The van der Waals surface area contributed by atoms with Gasteiger partial charge >= 0.3 is 0 Å². The second kappa shape index (κ2) is 6.88. The molecule has 1 aliphatic heterocycles. The second-order valence-corrected chi connectivity index (χ2v) is 6.58. The van der Waals surface area contributed by atoms with E-state index in [-0.39, 0.29) is 5.54 Å². The first-order chi connectivity index (χ1) is 8.42. The van der Waals surface area contributed by atoms with Crippen LogP contribution < -0.4 is 5.73 Å². The molecule has 0 aliphatic carbocycles. The van der Waals surface area contributed by atoms with Crippen molar-refractivity contribution in [3.63, 3.8) is 0 Å². The number of likely N-dealkylation sites (N-methyl/N-ethyl adjacent to an activating group) is 1. The first-order valence-electron chi connectivity index (χ1n) is 7.58. The highest BCUT2D eigenvalue weighted by atomic mass is 15.2. The van der Waals surface area contributed by atoms with Crippen LogP contribution in [0.3, 0.4) is 0 Å². The number of hydrogen-bond acceptors (Lipinski definition) is 3. The van der Waals surface area contributed by atoms with E-state index in [1.165, 1.54) is 38.9 Å². The normalized spacial score (nSPS) is 22.7. The van der Waals surface area contributed by atoms with Gasteiger partial charge in [0, 0.05) is 18.1 Å². The third kappa shape index (κ3) is 3.94. The van der Waals surface area contributed by atoms with Gasteiger partial charge in [0.15, 0.2) is 0 Å². The van der Waals surface area contributed by atoms with Crippen molar-refractivity contribution in [2.75, 3.05) is 33.2 Å². The molecule has 18 heavy (non-hydrogen) atoms. The summed E-state index contributed by atoms with van der Waals surface area (Å²) in [5, 5.41) is 0. The minimum absolute atomic E-state index is 0.160. The van der Waals surface area contributed by atoms with Gasteiger partial charge in [0.1, 0.15) is 0 Å². The van der Waals surface area contributed by atoms with E-state index in [0.29, 0.717) is 12.0 Å². The summed E-state index contributed by atoms with van der Waals surface area (Å²) in [6, 6.07) is 0.708. The summed E-state index contributed by atoms with van der Waals surface area (Å²) in [7, 11) is 2.28. The Morgan fingerprint density at radius 3 is 2.28 bits per heavy atom. The zero-order valence-electron chi connectivity index (χ0n) is 13.1. The molecule has 0 saturated carbocycles. The van der Waals surface area contributed by atoms with Crippen LogP contribution >= 0.6 is 0 Å². The predicted molar refractivity (Wildman–Crippen MR) is 79.8 cm³/mol. The van der Waals surface area contributed by atoms with Crippen LogP contribution in [0.1, 0.15) is 47.0 Å². The summed E-state index contributed by atoms with van der Waals surface area (Å²) in [5.41, 5.74) is 6.22. The lowest BCUT2D eigenvalue weighted by molar-refractivity contribution is 0.0377. The lowest BCUT2D eigenvalue weighted by Gasteiger charge is -2.46. The second-order valence-electron chi connectivity index (χ2n) is 6.58. The molecule has 3 nitrogen and oxygen atoms in total. The van der Waals surface area contributed by atoms with E-state index in [1.807, 2.05) is 0 Å². The zero-order valence-corrected chi connectivity index (χ0v) is 13.1. The van der Waals surface area contributed by atoms with Crippen LogP contribution in [0, 0.1) is 5.92 Å². The standard InChI is InChI=1S/C15H33N3/c1-6-18-9-7-14(8-10-18)17(5)15(4,12-16)11-13(2)3/h13-14H,6-12,16H2,1-5H3. The van der Waals surface area contributed by atoms with Gasteiger partial charge in [0.2, 0.25) is 0 Å². The van der Waals surface area contributed by atoms with Crippen LogP contribution in [0.2, 0.25) is 0 Å². The summed E-state index contributed by atoms with van der Waals surface area (Å²) in [5.74, 6) is 0.705. The first-order valence-corrected chi connectivity index (χ1v) is 7.58. The fourth-order valence-corrected chi connectivity index (χ4v) is 3.31. The van der Waals surface area contributed by atoms with Gasteiger partial charge in [-0.05, 0) is 58.8 Å². The lowest BCUT2D eigenvalue weighted by atomic mass is 9.86. The van der Waals surface area contributed by atoms with Crippen LogP contribution in [-0.4, -0.2) is 54.6 Å². The lowest BCUT2D eigenvalue weighted by Crippen LogP contribution is -2.56.